The molecule has 244 valence electrons. The van der Waals surface area contributed by atoms with E-state index in [0.717, 1.165) is 28.6 Å². The molecule has 3 unspecified atom stereocenters. The summed E-state index contributed by atoms with van der Waals surface area (Å²) in [6.07, 6.45) is 0.831. The van der Waals surface area contributed by atoms with Crippen LogP contribution in [0.5, 0.6) is 5.75 Å². The number of nitrogens with zero attached hydrogens (tertiary/aromatic N) is 2. The summed E-state index contributed by atoms with van der Waals surface area (Å²) in [5.41, 5.74) is 0.175. The summed E-state index contributed by atoms with van der Waals surface area (Å²) in [7, 11) is 0. The standard InChI is InChI=1S/C34H35N5O8/c1-5-33(44,6-2)31(43)36-21-14-17-11-12-23-19(13-17)34(18-9-7-8-10-20(18)37-32(34)46-23)26-25(28-35-22(15-45-28)30(41)42)39-29(47-26)24(16(3)4)38-27(21)40/h7-13,15-16,21,24,32,37,44H,5-6,14H2,1-4H3,(H,36,43)(H,38,40)(H,41,42)/t21?,24-,32?,34?/m0/s1. The van der Waals surface area contributed by atoms with Crippen LogP contribution in [0.4, 0.5) is 5.69 Å². The average molecular weight is 642 g/mol. The van der Waals surface area contributed by atoms with Crippen LogP contribution in [-0.4, -0.2) is 55.8 Å². The van der Waals surface area contributed by atoms with Gasteiger partial charge >= 0.3 is 5.97 Å². The Morgan fingerprint density at radius 3 is 2.57 bits per heavy atom. The van der Waals surface area contributed by atoms with Crippen molar-refractivity contribution in [3.05, 3.63) is 82.8 Å². The van der Waals surface area contributed by atoms with Crippen LogP contribution in [0.3, 0.4) is 0 Å². The number of aliphatic hydroxyl groups is 1. The summed E-state index contributed by atoms with van der Waals surface area (Å²) in [5, 5.41) is 29.9. The van der Waals surface area contributed by atoms with Gasteiger partial charge in [-0.1, -0.05) is 58.0 Å². The quantitative estimate of drug-likeness (QED) is 0.197. The third-order valence-corrected chi connectivity index (χ3v) is 9.56. The number of aromatic nitrogens is 2. The van der Waals surface area contributed by atoms with E-state index in [0.29, 0.717) is 11.5 Å². The molecule has 2 amide bonds. The molecule has 7 rings (SSSR count). The maximum Gasteiger partial charge on any atom is 0.357 e. The summed E-state index contributed by atoms with van der Waals surface area (Å²) in [6.45, 7) is 7.21. The summed E-state index contributed by atoms with van der Waals surface area (Å²) in [6, 6.07) is 11.4. The first-order valence-electron chi connectivity index (χ1n) is 15.7. The number of carboxylic acids is 1. The molecule has 4 atom stereocenters. The number of benzene rings is 2. The lowest BCUT2D eigenvalue weighted by atomic mass is 9.72. The largest absolute Gasteiger partial charge is 0.476 e. The van der Waals surface area contributed by atoms with Gasteiger partial charge in [-0.05, 0) is 42.0 Å². The monoisotopic (exact) mass is 641 g/mol. The molecule has 3 aliphatic heterocycles. The molecule has 0 radical (unpaired) electrons. The number of para-hydroxylation sites is 1. The minimum atomic E-state index is -1.64. The Labute approximate surface area is 269 Å². The predicted octanol–water partition coefficient (Wildman–Crippen LogP) is 3.91. The molecule has 5 N–H and O–H groups in total. The molecule has 13 nitrogen and oxygen atoms in total. The average Bonchev–Trinajstić information content (AvgIpc) is 3.83. The summed E-state index contributed by atoms with van der Waals surface area (Å²) >= 11 is 0. The highest BCUT2D eigenvalue weighted by atomic mass is 16.5. The highest BCUT2D eigenvalue weighted by Gasteiger charge is 2.61. The number of nitrogens with one attached hydrogen (secondary N) is 3. The molecule has 2 aromatic carbocycles. The molecule has 0 aliphatic carbocycles. The van der Waals surface area contributed by atoms with Crippen molar-refractivity contribution in [2.45, 2.75) is 76.3 Å². The van der Waals surface area contributed by atoms with E-state index in [-0.39, 0.29) is 48.3 Å². The lowest BCUT2D eigenvalue weighted by Gasteiger charge is -2.30. The first-order valence-corrected chi connectivity index (χ1v) is 15.7. The second kappa shape index (κ2) is 11.0. The summed E-state index contributed by atoms with van der Waals surface area (Å²) in [5.74, 6) is -1.68. The molecule has 5 heterocycles. The van der Waals surface area contributed by atoms with Crippen molar-refractivity contribution < 1.29 is 38.2 Å². The van der Waals surface area contributed by atoms with Crippen LogP contribution >= 0.6 is 0 Å². The first kappa shape index (κ1) is 30.5. The van der Waals surface area contributed by atoms with Crippen LogP contribution in [0.1, 0.15) is 85.4 Å². The molecule has 47 heavy (non-hydrogen) atoms. The number of aromatic carboxylic acids is 1. The van der Waals surface area contributed by atoms with Crippen molar-refractivity contribution in [1.82, 2.24) is 20.6 Å². The molecule has 13 heteroatoms. The maximum atomic E-state index is 14.0. The minimum absolute atomic E-state index is 0.0678. The molecular formula is C34H35N5O8. The zero-order chi connectivity index (χ0) is 33.2. The van der Waals surface area contributed by atoms with E-state index >= 15 is 0 Å². The number of rotatable bonds is 7. The maximum absolute atomic E-state index is 14.0. The highest BCUT2D eigenvalue weighted by Crippen LogP contribution is 2.59. The van der Waals surface area contributed by atoms with Crippen molar-refractivity contribution >= 4 is 23.5 Å². The van der Waals surface area contributed by atoms with Gasteiger partial charge in [-0.2, -0.15) is 0 Å². The van der Waals surface area contributed by atoms with Crippen molar-refractivity contribution in [2.75, 3.05) is 5.32 Å². The van der Waals surface area contributed by atoms with E-state index in [1.54, 1.807) is 13.8 Å². The van der Waals surface area contributed by atoms with E-state index in [1.807, 2.05) is 56.3 Å². The van der Waals surface area contributed by atoms with Gasteiger partial charge in [0.25, 0.3) is 5.91 Å². The number of fused-ring (bicyclic) bond motifs is 4. The van der Waals surface area contributed by atoms with Crippen molar-refractivity contribution in [3.8, 4) is 17.3 Å². The minimum Gasteiger partial charge on any atom is -0.476 e. The number of hydrogen-bond donors (Lipinski definition) is 5. The number of amides is 2. The van der Waals surface area contributed by atoms with Gasteiger partial charge in [-0.15, -0.1) is 0 Å². The predicted molar refractivity (Wildman–Crippen MR) is 167 cm³/mol. The Morgan fingerprint density at radius 1 is 1.11 bits per heavy atom. The van der Waals surface area contributed by atoms with Gasteiger partial charge in [0.1, 0.15) is 35.1 Å². The van der Waals surface area contributed by atoms with Gasteiger partial charge < -0.3 is 39.7 Å². The zero-order valence-corrected chi connectivity index (χ0v) is 26.3. The second-order valence-electron chi connectivity index (χ2n) is 12.6. The van der Waals surface area contributed by atoms with Crippen LogP contribution < -0.4 is 20.7 Å². The number of hydrogen-bond acceptors (Lipinski definition) is 10. The normalized spacial score (nSPS) is 22.7. The van der Waals surface area contributed by atoms with Crippen molar-refractivity contribution in [3.63, 3.8) is 0 Å². The number of anilines is 1. The van der Waals surface area contributed by atoms with E-state index in [1.165, 1.54) is 0 Å². The highest BCUT2D eigenvalue weighted by molar-refractivity contribution is 5.92. The van der Waals surface area contributed by atoms with Gasteiger partial charge in [0.2, 0.25) is 17.7 Å². The third-order valence-electron chi connectivity index (χ3n) is 9.56. The van der Waals surface area contributed by atoms with Crippen LogP contribution in [0.2, 0.25) is 0 Å². The van der Waals surface area contributed by atoms with Crippen molar-refractivity contribution in [2.24, 2.45) is 5.92 Å². The number of carbonyl (C=O) groups excluding carboxylic acids is 2. The fourth-order valence-corrected chi connectivity index (χ4v) is 6.79. The molecular weight excluding hydrogens is 606 g/mol. The SMILES string of the molecule is CCC(O)(CC)C(=O)NC1Cc2ccc3c(c2)C2(c4ccccc4NC2O3)c2oc(nc2-c2nc(C(=O)O)co2)[C@H](C(C)C)NC1=O. The van der Waals surface area contributed by atoms with Gasteiger partial charge in [0, 0.05) is 17.7 Å². The Morgan fingerprint density at radius 2 is 1.87 bits per heavy atom. The number of carbonyl (C=O) groups is 3. The Hall–Kier alpha value is -5.17. The molecule has 2 aromatic heterocycles. The second-order valence-corrected chi connectivity index (χ2v) is 12.6. The Bertz CT molecular complexity index is 1910. The van der Waals surface area contributed by atoms with Crippen molar-refractivity contribution in [1.29, 1.82) is 0 Å². The van der Waals surface area contributed by atoms with Gasteiger partial charge in [0.15, 0.2) is 23.4 Å². The van der Waals surface area contributed by atoms with E-state index < -0.39 is 47.1 Å². The van der Waals surface area contributed by atoms with Crippen LogP contribution in [-0.2, 0) is 21.4 Å². The topological polar surface area (TPSA) is 189 Å². The molecule has 0 saturated heterocycles. The van der Waals surface area contributed by atoms with Gasteiger partial charge in [-0.25, -0.2) is 14.8 Å². The van der Waals surface area contributed by atoms with E-state index in [2.05, 4.69) is 20.9 Å². The number of ether oxygens (including phenoxy) is 1. The molecule has 4 aromatic rings. The molecule has 3 aliphatic rings. The zero-order valence-electron chi connectivity index (χ0n) is 26.3. The first-order chi connectivity index (χ1) is 22.5. The smallest absolute Gasteiger partial charge is 0.357 e. The van der Waals surface area contributed by atoms with Gasteiger partial charge in [-0.3, -0.25) is 9.59 Å². The Kier molecular flexibility index (Phi) is 7.12. The number of oxazole rings is 2. The summed E-state index contributed by atoms with van der Waals surface area (Å²) in [4.78, 5) is 48.2. The molecule has 1 spiro atoms. The fraction of sp³-hybridized carbons (Fsp3) is 0.382. The van der Waals surface area contributed by atoms with Crippen LogP contribution in [0.15, 0.2) is 57.6 Å². The van der Waals surface area contributed by atoms with E-state index in [9.17, 15) is 24.6 Å². The lowest BCUT2D eigenvalue weighted by molar-refractivity contribution is -0.143. The Balaban J connectivity index is 1.48. The molecule has 0 fully saturated rings. The fourth-order valence-electron chi connectivity index (χ4n) is 6.79. The molecule has 0 saturated carbocycles. The van der Waals surface area contributed by atoms with E-state index in [4.69, 9.17) is 18.6 Å². The molecule has 4 bridgehead atoms. The van der Waals surface area contributed by atoms with Crippen LogP contribution in [0.25, 0.3) is 11.6 Å². The number of carboxylic acid groups (broad SMARTS) is 1. The van der Waals surface area contributed by atoms with Crippen LogP contribution in [0, 0.1) is 5.92 Å². The third kappa shape index (κ3) is 4.59. The van der Waals surface area contributed by atoms with Gasteiger partial charge in [0.05, 0.1) is 0 Å². The summed E-state index contributed by atoms with van der Waals surface area (Å²) < 4.78 is 18.9. The lowest BCUT2D eigenvalue weighted by Crippen LogP contribution is -2.55.